The number of rotatable bonds is 2. The number of hydrogen-bond donors (Lipinski definition) is 1. The molecule has 2 aliphatic rings. The van der Waals surface area contributed by atoms with E-state index in [-0.39, 0.29) is 11.8 Å². The molecule has 2 fully saturated rings. The SMILES string of the molecule is O=C(Nc1cccc2cc(Br)cnc12)C1CC2CC2C1. The van der Waals surface area contributed by atoms with Crippen molar-refractivity contribution in [2.45, 2.75) is 19.3 Å². The van der Waals surface area contributed by atoms with E-state index in [1.807, 2.05) is 24.3 Å². The molecule has 0 radical (unpaired) electrons. The number of nitrogens with zero attached hydrogens (tertiary/aromatic N) is 1. The maximum Gasteiger partial charge on any atom is 0.227 e. The minimum Gasteiger partial charge on any atom is -0.324 e. The Morgan fingerprint density at radius 1 is 1.25 bits per heavy atom. The first kappa shape index (κ1) is 12.3. The van der Waals surface area contributed by atoms with Gasteiger partial charge in [0.1, 0.15) is 0 Å². The van der Waals surface area contributed by atoms with Gasteiger partial charge in [-0.1, -0.05) is 12.1 Å². The first-order chi connectivity index (χ1) is 9.70. The van der Waals surface area contributed by atoms with Crippen LogP contribution in [0.2, 0.25) is 0 Å². The van der Waals surface area contributed by atoms with E-state index in [9.17, 15) is 4.79 Å². The van der Waals surface area contributed by atoms with Gasteiger partial charge in [0.2, 0.25) is 5.91 Å². The van der Waals surface area contributed by atoms with Gasteiger partial charge in [0, 0.05) is 22.0 Å². The van der Waals surface area contributed by atoms with E-state index in [1.54, 1.807) is 6.20 Å². The van der Waals surface area contributed by atoms with Crippen molar-refractivity contribution >= 4 is 38.4 Å². The molecule has 1 N–H and O–H groups in total. The van der Waals surface area contributed by atoms with Crippen LogP contribution in [0.5, 0.6) is 0 Å². The first-order valence-electron chi connectivity index (χ1n) is 7.06. The molecule has 1 aromatic carbocycles. The average molecular weight is 331 g/mol. The van der Waals surface area contributed by atoms with E-state index in [0.29, 0.717) is 0 Å². The Balaban J connectivity index is 1.60. The molecule has 0 saturated heterocycles. The lowest BCUT2D eigenvalue weighted by Crippen LogP contribution is -2.21. The molecule has 2 unspecified atom stereocenters. The van der Waals surface area contributed by atoms with E-state index in [0.717, 1.165) is 45.7 Å². The number of fused-ring (bicyclic) bond motifs is 2. The zero-order valence-electron chi connectivity index (χ0n) is 11.0. The zero-order valence-corrected chi connectivity index (χ0v) is 12.6. The summed E-state index contributed by atoms with van der Waals surface area (Å²) in [7, 11) is 0. The molecule has 102 valence electrons. The van der Waals surface area contributed by atoms with Crippen molar-refractivity contribution in [1.29, 1.82) is 0 Å². The van der Waals surface area contributed by atoms with Gasteiger partial charge in [-0.25, -0.2) is 0 Å². The Morgan fingerprint density at radius 2 is 2.05 bits per heavy atom. The minimum absolute atomic E-state index is 0.161. The van der Waals surface area contributed by atoms with E-state index in [2.05, 4.69) is 26.2 Å². The Kier molecular flexibility index (Phi) is 2.81. The Morgan fingerprint density at radius 3 is 2.85 bits per heavy atom. The number of anilines is 1. The maximum atomic E-state index is 12.3. The van der Waals surface area contributed by atoms with E-state index < -0.39 is 0 Å². The Hall–Kier alpha value is -1.42. The number of benzene rings is 1. The molecule has 1 aromatic heterocycles. The molecule has 2 saturated carbocycles. The third-order valence-electron chi connectivity index (χ3n) is 4.55. The smallest absolute Gasteiger partial charge is 0.227 e. The average Bonchev–Trinajstić information content (AvgIpc) is 3.05. The number of carbonyl (C=O) groups excluding carboxylic acids is 1. The molecule has 1 amide bonds. The molecule has 2 aromatic rings. The minimum atomic E-state index is 0.161. The highest BCUT2D eigenvalue weighted by molar-refractivity contribution is 9.10. The largest absolute Gasteiger partial charge is 0.324 e. The number of para-hydroxylation sites is 1. The second kappa shape index (κ2) is 4.55. The summed E-state index contributed by atoms with van der Waals surface area (Å²) in [6, 6.07) is 7.91. The molecule has 20 heavy (non-hydrogen) atoms. The lowest BCUT2D eigenvalue weighted by Gasteiger charge is -2.13. The van der Waals surface area contributed by atoms with Gasteiger partial charge in [0.25, 0.3) is 0 Å². The topological polar surface area (TPSA) is 42.0 Å². The summed E-state index contributed by atoms with van der Waals surface area (Å²) in [5.74, 6) is 2.01. The number of aromatic nitrogens is 1. The van der Waals surface area contributed by atoms with E-state index >= 15 is 0 Å². The van der Waals surface area contributed by atoms with Crippen LogP contribution in [0.15, 0.2) is 34.9 Å². The highest BCUT2D eigenvalue weighted by Crippen LogP contribution is 2.54. The molecule has 4 heteroatoms. The summed E-state index contributed by atoms with van der Waals surface area (Å²) in [5.41, 5.74) is 1.67. The molecular formula is C16H15BrN2O. The Bertz CT molecular complexity index is 690. The summed E-state index contributed by atoms with van der Waals surface area (Å²) in [5, 5.41) is 4.10. The number of carbonyl (C=O) groups is 1. The van der Waals surface area contributed by atoms with Crippen LogP contribution in [0.25, 0.3) is 10.9 Å². The molecule has 3 nitrogen and oxygen atoms in total. The molecule has 4 rings (SSSR count). The molecule has 0 aliphatic heterocycles. The second-order valence-corrected chi connectivity index (χ2v) is 6.86. The highest BCUT2D eigenvalue weighted by Gasteiger charge is 2.48. The maximum absolute atomic E-state index is 12.3. The number of halogens is 1. The van der Waals surface area contributed by atoms with Gasteiger partial charge in [-0.15, -0.1) is 0 Å². The summed E-state index contributed by atoms with van der Waals surface area (Å²) in [4.78, 5) is 16.8. The number of pyridine rings is 1. The molecule has 1 heterocycles. The fourth-order valence-corrected chi connectivity index (χ4v) is 3.75. The van der Waals surface area contributed by atoms with Crippen LogP contribution in [0, 0.1) is 17.8 Å². The molecule has 0 spiro atoms. The highest BCUT2D eigenvalue weighted by atomic mass is 79.9. The van der Waals surface area contributed by atoms with Crippen LogP contribution in [-0.2, 0) is 4.79 Å². The van der Waals surface area contributed by atoms with Gasteiger partial charge >= 0.3 is 0 Å². The van der Waals surface area contributed by atoms with Crippen molar-refractivity contribution in [3.8, 4) is 0 Å². The van der Waals surface area contributed by atoms with Gasteiger partial charge in [-0.3, -0.25) is 9.78 Å². The van der Waals surface area contributed by atoms with Gasteiger partial charge in [-0.2, -0.15) is 0 Å². The predicted molar refractivity (Wildman–Crippen MR) is 82.4 cm³/mol. The van der Waals surface area contributed by atoms with Crippen LogP contribution in [-0.4, -0.2) is 10.9 Å². The lowest BCUT2D eigenvalue weighted by molar-refractivity contribution is -0.119. The number of hydrogen-bond acceptors (Lipinski definition) is 2. The van der Waals surface area contributed by atoms with Crippen LogP contribution in [0.3, 0.4) is 0 Å². The van der Waals surface area contributed by atoms with E-state index in [1.165, 1.54) is 6.42 Å². The van der Waals surface area contributed by atoms with Crippen LogP contribution in [0.4, 0.5) is 5.69 Å². The van der Waals surface area contributed by atoms with Gasteiger partial charge < -0.3 is 5.32 Å². The lowest BCUT2D eigenvalue weighted by atomic mass is 10.0. The van der Waals surface area contributed by atoms with Crippen LogP contribution >= 0.6 is 15.9 Å². The second-order valence-electron chi connectivity index (χ2n) is 5.94. The summed E-state index contributed by atoms with van der Waals surface area (Å²) >= 11 is 3.42. The Labute approximate surface area is 125 Å². The third kappa shape index (κ3) is 2.12. The van der Waals surface area contributed by atoms with Crippen LogP contribution < -0.4 is 5.32 Å². The molecule has 2 aliphatic carbocycles. The van der Waals surface area contributed by atoms with E-state index in [4.69, 9.17) is 0 Å². The monoisotopic (exact) mass is 330 g/mol. The fourth-order valence-electron chi connectivity index (χ4n) is 3.40. The van der Waals surface area contributed by atoms with Crippen molar-refractivity contribution in [3.63, 3.8) is 0 Å². The molecule has 2 atom stereocenters. The third-order valence-corrected chi connectivity index (χ3v) is 4.98. The van der Waals surface area contributed by atoms with Crippen molar-refractivity contribution in [3.05, 3.63) is 34.9 Å². The van der Waals surface area contributed by atoms with Crippen molar-refractivity contribution in [1.82, 2.24) is 4.98 Å². The van der Waals surface area contributed by atoms with Crippen molar-refractivity contribution in [2.75, 3.05) is 5.32 Å². The van der Waals surface area contributed by atoms with Gasteiger partial charge in [0.05, 0.1) is 11.2 Å². The standard InChI is InChI=1S/C16H15BrN2O/c17-13-7-9-2-1-3-14(15(9)18-8-13)19-16(20)12-5-10-4-11(10)6-12/h1-3,7-8,10-12H,4-6H2,(H,19,20). The predicted octanol–water partition coefficient (Wildman–Crippen LogP) is 3.98. The number of nitrogens with one attached hydrogen (secondary N) is 1. The fraction of sp³-hybridized carbons (Fsp3) is 0.375. The number of amides is 1. The zero-order chi connectivity index (χ0) is 13.7. The van der Waals surface area contributed by atoms with Crippen LogP contribution in [0.1, 0.15) is 19.3 Å². The quantitative estimate of drug-likeness (QED) is 0.904. The molecular weight excluding hydrogens is 316 g/mol. The molecule has 0 bridgehead atoms. The van der Waals surface area contributed by atoms with Crippen molar-refractivity contribution in [2.24, 2.45) is 17.8 Å². The van der Waals surface area contributed by atoms with Gasteiger partial charge in [-0.05, 0) is 59.2 Å². The first-order valence-corrected chi connectivity index (χ1v) is 7.85. The summed E-state index contributed by atoms with van der Waals surface area (Å²) in [6.45, 7) is 0. The van der Waals surface area contributed by atoms with Crippen molar-refractivity contribution < 1.29 is 4.79 Å². The summed E-state index contributed by atoms with van der Waals surface area (Å²) in [6.07, 6.45) is 5.25. The summed E-state index contributed by atoms with van der Waals surface area (Å²) < 4.78 is 0.948. The normalized spacial score (nSPS) is 27.4. The van der Waals surface area contributed by atoms with Gasteiger partial charge in [0.15, 0.2) is 0 Å².